The van der Waals surface area contributed by atoms with Crippen LogP contribution >= 0.6 is 0 Å². The van der Waals surface area contributed by atoms with Gasteiger partial charge in [-0.2, -0.15) is 0 Å². The second-order valence-corrected chi connectivity index (χ2v) is 5.34. The van der Waals surface area contributed by atoms with E-state index in [1.807, 2.05) is 12.1 Å². The van der Waals surface area contributed by atoms with Gasteiger partial charge in [-0.1, -0.05) is 19.1 Å². The molecule has 0 fully saturated rings. The molecule has 1 aliphatic rings. The fourth-order valence-corrected chi connectivity index (χ4v) is 2.65. The van der Waals surface area contributed by atoms with Crippen LogP contribution in [0.3, 0.4) is 0 Å². The number of nitrogens with zero attached hydrogens (tertiary/aromatic N) is 1. The Balaban J connectivity index is 2.48. The van der Waals surface area contributed by atoms with Gasteiger partial charge in [0, 0.05) is 32.1 Å². The maximum Gasteiger partial charge on any atom is 0.223 e. The summed E-state index contributed by atoms with van der Waals surface area (Å²) >= 11 is 0. The predicted octanol–water partition coefficient (Wildman–Crippen LogP) is 1.24. The van der Waals surface area contributed by atoms with Crippen molar-refractivity contribution in [2.45, 2.75) is 38.7 Å². The Kier molecular flexibility index (Phi) is 3.92. The molecule has 4 nitrogen and oxygen atoms in total. The lowest BCUT2D eigenvalue weighted by Gasteiger charge is -2.24. The normalized spacial score (nSPS) is 22.8. The van der Waals surface area contributed by atoms with Crippen LogP contribution < -0.4 is 10.6 Å². The smallest absolute Gasteiger partial charge is 0.223 e. The van der Waals surface area contributed by atoms with E-state index in [4.69, 9.17) is 5.73 Å². The monoisotopic (exact) mass is 262 g/mol. The number of nitrogens with two attached hydrogens (primary N) is 1. The van der Waals surface area contributed by atoms with Gasteiger partial charge in [-0.3, -0.25) is 4.79 Å². The molecule has 104 valence electrons. The molecule has 0 radical (unpaired) electrons. The number of benzene rings is 1. The topological polar surface area (TPSA) is 66.6 Å². The molecule has 1 aliphatic heterocycles. The molecule has 2 rings (SSSR count). The molecule has 0 saturated carbocycles. The Morgan fingerprint density at radius 1 is 1.53 bits per heavy atom. The standard InChI is InChI=1S/C15H22N2O2/c1-3-12-4-5-14-13(8-12)9-15(19,10-16)6-7-17(14)11(2)18/h4-5,8,19H,3,6-7,9-10,16H2,1-2H3. The molecule has 0 bridgehead atoms. The Morgan fingerprint density at radius 2 is 2.26 bits per heavy atom. The SMILES string of the molecule is CCc1ccc2c(c1)CC(O)(CN)CCN2C(C)=O. The number of fused-ring (bicyclic) bond motifs is 1. The second-order valence-electron chi connectivity index (χ2n) is 5.34. The van der Waals surface area contributed by atoms with Crippen LogP contribution in [0.4, 0.5) is 5.69 Å². The highest BCUT2D eigenvalue weighted by molar-refractivity contribution is 5.92. The van der Waals surface area contributed by atoms with Crippen LogP contribution in [0.5, 0.6) is 0 Å². The Bertz CT molecular complexity index is 487. The molecule has 0 aliphatic carbocycles. The minimum atomic E-state index is -0.911. The number of rotatable bonds is 2. The number of aliphatic hydroxyl groups is 1. The molecule has 0 saturated heterocycles. The number of carbonyl (C=O) groups is 1. The first-order chi connectivity index (χ1) is 8.99. The van der Waals surface area contributed by atoms with Gasteiger partial charge in [0.25, 0.3) is 0 Å². The molecule has 4 heteroatoms. The molecule has 1 unspecified atom stereocenters. The van der Waals surface area contributed by atoms with Crippen molar-refractivity contribution in [2.75, 3.05) is 18.0 Å². The summed E-state index contributed by atoms with van der Waals surface area (Å²) in [7, 11) is 0. The average Bonchev–Trinajstić information content (AvgIpc) is 2.54. The maximum absolute atomic E-state index is 11.8. The quantitative estimate of drug-likeness (QED) is 0.842. The maximum atomic E-state index is 11.8. The van der Waals surface area contributed by atoms with Gasteiger partial charge in [0.1, 0.15) is 0 Å². The largest absolute Gasteiger partial charge is 0.388 e. The molecule has 19 heavy (non-hydrogen) atoms. The summed E-state index contributed by atoms with van der Waals surface area (Å²) in [6.07, 6.45) is 1.96. The van der Waals surface area contributed by atoms with Crippen LogP contribution in [-0.4, -0.2) is 29.7 Å². The number of hydrogen-bond acceptors (Lipinski definition) is 3. The number of carbonyl (C=O) groups excluding carboxylic acids is 1. The summed E-state index contributed by atoms with van der Waals surface area (Å²) in [5.41, 5.74) is 7.93. The third-order valence-corrected chi connectivity index (χ3v) is 3.92. The van der Waals surface area contributed by atoms with Gasteiger partial charge in [-0.05, 0) is 30.0 Å². The molecule has 1 amide bonds. The zero-order chi connectivity index (χ0) is 14.0. The number of aryl methyl sites for hydroxylation is 1. The van der Waals surface area contributed by atoms with Crippen LogP contribution in [0.25, 0.3) is 0 Å². The van der Waals surface area contributed by atoms with Gasteiger partial charge in [-0.15, -0.1) is 0 Å². The van der Waals surface area contributed by atoms with Crippen molar-refractivity contribution in [3.63, 3.8) is 0 Å². The van der Waals surface area contributed by atoms with Crippen LogP contribution in [0.1, 0.15) is 31.4 Å². The zero-order valence-electron chi connectivity index (χ0n) is 11.6. The second kappa shape index (κ2) is 5.31. The van der Waals surface area contributed by atoms with E-state index in [0.717, 1.165) is 17.7 Å². The van der Waals surface area contributed by atoms with Crippen molar-refractivity contribution in [1.82, 2.24) is 0 Å². The van der Waals surface area contributed by atoms with Gasteiger partial charge in [0.15, 0.2) is 0 Å². The minimum Gasteiger partial charge on any atom is -0.388 e. The van der Waals surface area contributed by atoms with E-state index in [0.29, 0.717) is 19.4 Å². The summed E-state index contributed by atoms with van der Waals surface area (Å²) in [6.45, 7) is 4.39. The highest BCUT2D eigenvalue weighted by Gasteiger charge is 2.32. The first-order valence-corrected chi connectivity index (χ1v) is 6.81. The predicted molar refractivity (Wildman–Crippen MR) is 76.2 cm³/mol. The van der Waals surface area contributed by atoms with Gasteiger partial charge in [0.2, 0.25) is 5.91 Å². The molecule has 1 heterocycles. The fourth-order valence-electron chi connectivity index (χ4n) is 2.65. The summed E-state index contributed by atoms with van der Waals surface area (Å²) in [5.74, 6) is 0.00627. The third-order valence-electron chi connectivity index (χ3n) is 3.92. The van der Waals surface area contributed by atoms with Crippen LogP contribution in [0.2, 0.25) is 0 Å². The van der Waals surface area contributed by atoms with E-state index in [2.05, 4.69) is 13.0 Å². The number of amides is 1. The van der Waals surface area contributed by atoms with E-state index in [-0.39, 0.29) is 12.5 Å². The van der Waals surface area contributed by atoms with E-state index < -0.39 is 5.60 Å². The van der Waals surface area contributed by atoms with Crippen LogP contribution in [-0.2, 0) is 17.6 Å². The van der Waals surface area contributed by atoms with Gasteiger partial charge in [-0.25, -0.2) is 0 Å². The molecule has 0 spiro atoms. The molecule has 0 aromatic heterocycles. The summed E-state index contributed by atoms with van der Waals surface area (Å²) in [6, 6.07) is 6.11. The van der Waals surface area contributed by atoms with Gasteiger partial charge < -0.3 is 15.7 Å². The molecule has 1 aromatic rings. The van der Waals surface area contributed by atoms with Crippen molar-refractivity contribution in [3.8, 4) is 0 Å². The lowest BCUT2D eigenvalue weighted by atomic mass is 9.91. The summed E-state index contributed by atoms with van der Waals surface area (Å²) < 4.78 is 0. The van der Waals surface area contributed by atoms with E-state index in [9.17, 15) is 9.90 Å². The fraction of sp³-hybridized carbons (Fsp3) is 0.533. The Hall–Kier alpha value is -1.39. The third kappa shape index (κ3) is 2.80. The lowest BCUT2D eigenvalue weighted by Crippen LogP contribution is -2.41. The first-order valence-electron chi connectivity index (χ1n) is 6.81. The van der Waals surface area contributed by atoms with Crippen molar-refractivity contribution in [1.29, 1.82) is 0 Å². The Morgan fingerprint density at radius 3 is 2.84 bits per heavy atom. The average molecular weight is 262 g/mol. The molecular formula is C15H22N2O2. The van der Waals surface area contributed by atoms with Crippen molar-refractivity contribution in [2.24, 2.45) is 5.73 Å². The van der Waals surface area contributed by atoms with E-state index in [1.54, 1.807) is 11.8 Å². The van der Waals surface area contributed by atoms with Crippen molar-refractivity contribution >= 4 is 11.6 Å². The van der Waals surface area contributed by atoms with E-state index >= 15 is 0 Å². The summed E-state index contributed by atoms with van der Waals surface area (Å²) in [5, 5.41) is 10.5. The highest BCUT2D eigenvalue weighted by atomic mass is 16.3. The van der Waals surface area contributed by atoms with Crippen molar-refractivity contribution < 1.29 is 9.90 Å². The minimum absolute atomic E-state index is 0.00627. The number of anilines is 1. The lowest BCUT2D eigenvalue weighted by molar-refractivity contribution is -0.116. The highest BCUT2D eigenvalue weighted by Crippen LogP contribution is 2.31. The van der Waals surface area contributed by atoms with Crippen LogP contribution in [0.15, 0.2) is 18.2 Å². The Labute approximate surface area is 114 Å². The molecule has 1 aromatic carbocycles. The van der Waals surface area contributed by atoms with Gasteiger partial charge in [0.05, 0.1) is 5.60 Å². The summed E-state index contributed by atoms with van der Waals surface area (Å²) in [4.78, 5) is 13.5. The van der Waals surface area contributed by atoms with E-state index in [1.165, 1.54) is 5.56 Å². The van der Waals surface area contributed by atoms with Crippen molar-refractivity contribution in [3.05, 3.63) is 29.3 Å². The molecular weight excluding hydrogens is 240 g/mol. The van der Waals surface area contributed by atoms with Crippen LogP contribution in [0, 0.1) is 0 Å². The number of hydrogen-bond donors (Lipinski definition) is 2. The van der Waals surface area contributed by atoms with Gasteiger partial charge >= 0.3 is 0 Å². The molecule has 3 N–H and O–H groups in total. The molecule has 1 atom stereocenters. The first kappa shape index (κ1) is 14.0. The zero-order valence-corrected chi connectivity index (χ0v) is 11.6.